The van der Waals surface area contributed by atoms with E-state index in [1.807, 2.05) is 4.90 Å². The highest BCUT2D eigenvalue weighted by Crippen LogP contribution is 2.52. The molecule has 1 heterocycles. The molecule has 0 unspecified atom stereocenters. The molecule has 1 aromatic rings. The van der Waals surface area contributed by atoms with Crippen molar-refractivity contribution in [3.63, 3.8) is 0 Å². The molecular weight excluding hydrogens is 360 g/mol. The number of nitrogens with zero attached hydrogens (tertiary/aromatic N) is 1. The highest BCUT2D eigenvalue weighted by Gasteiger charge is 2.47. The number of amides is 1. The Morgan fingerprint density at radius 3 is 2.48 bits per heavy atom. The van der Waals surface area contributed by atoms with Crippen LogP contribution in [0.2, 0.25) is 0 Å². The van der Waals surface area contributed by atoms with Crippen molar-refractivity contribution in [3.8, 4) is 0 Å². The van der Waals surface area contributed by atoms with Gasteiger partial charge in [-0.15, -0.1) is 0 Å². The van der Waals surface area contributed by atoms with Crippen LogP contribution in [-0.4, -0.2) is 44.6 Å². The third-order valence-electron chi connectivity index (χ3n) is 6.41. The second-order valence-electron chi connectivity index (χ2n) is 8.57. The Hall–Kier alpha value is -1.40. The lowest BCUT2D eigenvalue weighted by Gasteiger charge is -2.33. The number of nitrogens with one attached hydrogen (secondary N) is 1. The monoisotopic (exact) mass is 390 g/mol. The maximum Gasteiger partial charge on any atom is 0.226 e. The molecule has 2 aliphatic carbocycles. The zero-order valence-corrected chi connectivity index (χ0v) is 16.9. The van der Waals surface area contributed by atoms with E-state index >= 15 is 0 Å². The summed E-state index contributed by atoms with van der Waals surface area (Å²) in [5.74, 6) is 1.29. The minimum absolute atomic E-state index is 0.0736. The number of hydrogen-bond acceptors (Lipinski definition) is 3. The molecule has 0 spiro atoms. The van der Waals surface area contributed by atoms with Crippen LogP contribution < -0.4 is 4.72 Å². The summed E-state index contributed by atoms with van der Waals surface area (Å²) in [6, 6.07) is 8.55. The van der Waals surface area contributed by atoms with Gasteiger partial charge in [0.2, 0.25) is 15.9 Å². The third-order valence-corrected chi connectivity index (χ3v) is 7.17. The largest absolute Gasteiger partial charge is 0.341 e. The highest BCUT2D eigenvalue weighted by atomic mass is 32.2. The highest BCUT2D eigenvalue weighted by molar-refractivity contribution is 7.88. The Morgan fingerprint density at radius 2 is 1.78 bits per heavy atom. The van der Waals surface area contributed by atoms with Crippen LogP contribution >= 0.6 is 0 Å². The number of piperidine rings is 1. The van der Waals surface area contributed by atoms with Crippen LogP contribution in [0.3, 0.4) is 0 Å². The molecule has 5 nitrogen and oxygen atoms in total. The van der Waals surface area contributed by atoms with Crippen molar-refractivity contribution in [1.82, 2.24) is 9.62 Å². The Kier molecular flexibility index (Phi) is 5.30. The van der Waals surface area contributed by atoms with Gasteiger partial charge in [-0.2, -0.15) is 0 Å². The van der Waals surface area contributed by atoms with E-state index in [2.05, 4.69) is 29.0 Å². The van der Waals surface area contributed by atoms with Crippen molar-refractivity contribution in [2.24, 2.45) is 5.92 Å². The zero-order valence-electron chi connectivity index (χ0n) is 16.1. The summed E-state index contributed by atoms with van der Waals surface area (Å²) in [6.07, 6.45) is 8.95. The number of sulfonamides is 1. The summed E-state index contributed by atoms with van der Waals surface area (Å²) < 4.78 is 25.7. The minimum atomic E-state index is -3.23. The van der Waals surface area contributed by atoms with Gasteiger partial charge in [0.05, 0.1) is 6.26 Å². The molecule has 0 radical (unpaired) electrons. The molecule has 1 aliphatic heterocycles. The molecule has 0 bridgehead atoms. The van der Waals surface area contributed by atoms with Crippen LogP contribution in [0.4, 0.5) is 0 Å². The van der Waals surface area contributed by atoms with Crippen molar-refractivity contribution in [2.75, 3.05) is 19.3 Å². The molecular formula is C21H30N2O3S. The van der Waals surface area contributed by atoms with Gasteiger partial charge in [0.15, 0.2) is 0 Å². The van der Waals surface area contributed by atoms with Gasteiger partial charge in [-0.3, -0.25) is 4.79 Å². The molecule has 3 aliphatic rings. The molecule has 2 saturated carbocycles. The number of rotatable bonds is 5. The normalized spacial score (nSPS) is 29.1. The van der Waals surface area contributed by atoms with Crippen molar-refractivity contribution in [3.05, 3.63) is 35.4 Å². The molecule has 6 heteroatoms. The second-order valence-corrected chi connectivity index (χ2v) is 10.4. The maximum atomic E-state index is 13.0. The van der Waals surface area contributed by atoms with Gasteiger partial charge in [-0.05, 0) is 55.1 Å². The van der Waals surface area contributed by atoms with Gasteiger partial charge < -0.3 is 4.90 Å². The first kappa shape index (κ1) is 18.9. The number of carbonyl (C=O) groups excluding carboxylic acids is 1. The SMILES string of the molecule is CS(=O)(=O)N[C@H]1CCCN(C(=O)[C@@H]2C[C@H]2c2ccccc2C2CCCC2)C1. The standard InChI is InChI=1S/C21H30N2O3S/c1-27(25,26)22-16-9-6-12-23(14-16)21(24)20-13-19(20)18-11-5-4-10-17(18)15-7-2-3-8-15/h4-5,10-11,15-16,19-20,22H,2-3,6-9,12-14H2,1H3/t16-,19-,20+/m0/s1. The first-order valence-electron chi connectivity index (χ1n) is 10.3. The number of carbonyl (C=O) groups is 1. The van der Waals surface area contributed by atoms with E-state index in [1.54, 1.807) is 0 Å². The molecule has 1 amide bonds. The first-order valence-corrected chi connectivity index (χ1v) is 12.2. The second kappa shape index (κ2) is 7.55. The molecule has 1 N–H and O–H groups in total. The Labute approximate surface area is 162 Å². The van der Waals surface area contributed by atoms with E-state index in [9.17, 15) is 13.2 Å². The number of benzene rings is 1. The molecule has 1 aromatic carbocycles. The summed E-state index contributed by atoms with van der Waals surface area (Å²) in [7, 11) is -3.23. The van der Waals surface area contributed by atoms with E-state index in [0.29, 0.717) is 18.4 Å². The number of likely N-dealkylation sites (tertiary alicyclic amines) is 1. The lowest BCUT2D eigenvalue weighted by atomic mass is 9.90. The third kappa shape index (κ3) is 4.37. The smallest absolute Gasteiger partial charge is 0.226 e. The van der Waals surface area contributed by atoms with Crippen LogP contribution in [-0.2, 0) is 14.8 Å². The van der Waals surface area contributed by atoms with E-state index in [1.165, 1.54) is 43.1 Å². The number of hydrogen-bond donors (Lipinski definition) is 1. The van der Waals surface area contributed by atoms with E-state index in [4.69, 9.17) is 0 Å². The van der Waals surface area contributed by atoms with E-state index < -0.39 is 10.0 Å². The van der Waals surface area contributed by atoms with Gasteiger partial charge in [-0.1, -0.05) is 37.1 Å². The molecule has 3 fully saturated rings. The molecule has 3 atom stereocenters. The molecule has 148 valence electrons. The first-order chi connectivity index (χ1) is 12.9. The van der Waals surface area contributed by atoms with Gasteiger partial charge in [-0.25, -0.2) is 13.1 Å². The lowest BCUT2D eigenvalue weighted by Crippen LogP contribution is -2.49. The molecule has 0 aromatic heterocycles. The average molecular weight is 391 g/mol. The van der Waals surface area contributed by atoms with Crippen LogP contribution in [0, 0.1) is 5.92 Å². The topological polar surface area (TPSA) is 66.5 Å². The van der Waals surface area contributed by atoms with Crippen molar-refractivity contribution >= 4 is 15.9 Å². The fraction of sp³-hybridized carbons (Fsp3) is 0.667. The quantitative estimate of drug-likeness (QED) is 0.840. The molecule has 4 rings (SSSR count). The molecule has 27 heavy (non-hydrogen) atoms. The summed E-state index contributed by atoms with van der Waals surface area (Å²) in [6.45, 7) is 1.24. The predicted octanol–water partition coefficient (Wildman–Crippen LogP) is 2.99. The zero-order chi connectivity index (χ0) is 19.0. The van der Waals surface area contributed by atoms with Crippen molar-refractivity contribution < 1.29 is 13.2 Å². The maximum absolute atomic E-state index is 13.0. The van der Waals surface area contributed by atoms with Gasteiger partial charge in [0, 0.05) is 25.0 Å². The van der Waals surface area contributed by atoms with Crippen molar-refractivity contribution in [2.45, 2.75) is 62.8 Å². The summed E-state index contributed by atoms with van der Waals surface area (Å²) in [5, 5.41) is 0. The van der Waals surface area contributed by atoms with Crippen LogP contribution in [0.25, 0.3) is 0 Å². The van der Waals surface area contributed by atoms with Crippen molar-refractivity contribution in [1.29, 1.82) is 0 Å². The van der Waals surface area contributed by atoms with Gasteiger partial charge in [0.1, 0.15) is 0 Å². The Balaban J connectivity index is 1.42. The van der Waals surface area contributed by atoms with Gasteiger partial charge in [0.25, 0.3) is 0 Å². The summed E-state index contributed by atoms with van der Waals surface area (Å²) in [4.78, 5) is 14.9. The van der Waals surface area contributed by atoms with Gasteiger partial charge >= 0.3 is 0 Å². The minimum Gasteiger partial charge on any atom is -0.341 e. The lowest BCUT2D eigenvalue weighted by molar-refractivity contribution is -0.133. The fourth-order valence-corrected chi connectivity index (χ4v) is 5.88. The predicted molar refractivity (Wildman–Crippen MR) is 106 cm³/mol. The Morgan fingerprint density at radius 1 is 1.07 bits per heavy atom. The molecule has 1 saturated heterocycles. The summed E-state index contributed by atoms with van der Waals surface area (Å²) >= 11 is 0. The van der Waals surface area contributed by atoms with Crippen LogP contribution in [0.1, 0.15) is 67.9 Å². The Bertz CT molecular complexity index is 801. The van der Waals surface area contributed by atoms with E-state index in [-0.39, 0.29) is 17.9 Å². The summed E-state index contributed by atoms with van der Waals surface area (Å²) in [5.41, 5.74) is 2.84. The van der Waals surface area contributed by atoms with E-state index in [0.717, 1.165) is 25.8 Å². The fourth-order valence-electron chi connectivity index (χ4n) is 5.08. The van der Waals surface area contributed by atoms with Crippen LogP contribution in [0.5, 0.6) is 0 Å². The average Bonchev–Trinajstić information content (AvgIpc) is 3.24. The van der Waals surface area contributed by atoms with Crippen LogP contribution in [0.15, 0.2) is 24.3 Å².